The van der Waals surface area contributed by atoms with E-state index in [9.17, 15) is 9.59 Å². The first-order valence-electron chi connectivity index (χ1n) is 8.51. The Morgan fingerprint density at radius 1 is 0.889 bits per heavy atom. The number of nitrogens with one attached hydrogen (secondary N) is 2. The highest BCUT2D eigenvalue weighted by molar-refractivity contribution is 6.03. The molecule has 0 spiro atoms. The molecular formula is C21H20N4O2. The molecule has 6 nitrogen and oxygen atoms in total. The van der Waals surface area contributed by atoms with Crippen molar-refractivity contribution in [1.82, 2.24) is 9.97 Å². The Balaban J connectivity index is 1.74. The van der Waals surface area contributed by atoms with E-state index in [1.54, 1.807) is 30.3 Å². The number of carbonyl (C=O) groups is 2. The number of benzene rings is 2. The monoisotopic (exact) mass is 360 g/mol. The summed E-state index contributed by atoms with van der Waals surface area (Å²) < 4.78 is 0. The Morgan fingerprint density at radius 3 is 2.19 bits per heavy atom. The van der Waals surface area contributed by atoms with E-state index in [2.05, 4.69) is 26.7 Å². The lowest BCUT2D eigenvalue weighted by atomic mass is 10.1. The summed E-state index contributed by atoms with van der Waals surface area (Å²) in [5.41, 5.74) is 4.54. The van der Waals surface area contributed by atoms with Gasteiger partial charge in [0.05, 0.1) is 0 Å². The molecule has 0 bridgehead atoms. The molecule has 0 saturated heterocycles. The Bertz CT molecular complexity index is 977. The average molecular weight is 360 g/mol. The van der Waals surface area contributed by atoms with E-state index in [1.807, 2.05) is 26.0 Å². The average Bonchev–Trinajstić information content (AvgIpc) is 2.61. The standard InChI is InChI=1S/C21H20N4O2/c1-13-10-14(2)12-18(11-13)24-21-22-9-8-19(25-21)20(27)23-17-6-4-16(5-7-17)15(3)26/h4-12H,1-3H3,(H,23,27)(H,22,24,25). The number of aryl methyl sites for hydroxylation is 2. The Morgan fingerprint density at radius 2 is 1.56 bits per heavy atom. The Kier molecular flexibility index (Phi) is 5.26. The van der Waals surface area contributed by atoms with Crippen LogP contribution in [0.2, 0.25) is 0 Å². The van der Waals surface area contributed by atoms with Crippen molar-refractivity contribution in [2.24, 2.45) is 0 Å². The molecule has 1 aromatic heterocycles. The highest BCUT2D eigenvalue weighted by atomic mass is 16.2. The third-order valence-electron chi connectivity index (χ3n) is 3.92. The van der Waals surface area contributed by atoms with Crippen molar-refractivity contribution < 1.29 is 9.59 Å². The van der Waals surface area contributed by atoms with E-state index in [0.29, 0.717) is 17.2 Å². The largest absolute Gasteiger partial charge is 0.324 e. The molecular weight excluding hydrogens is 340 g/mol. The van der Waals surface area contributed by atoms with Gasteiger partial charge in [-0.25, -0.2) is 9.97 Å². The maximum Gasteiger partial charge on any atom is 0.274 e. The molecule has 0 aliphatic heterocycles. The van der Waals surface area contributed by atoms with Crippen LogP contribution in [-0.4, -0.2) is 21.7 Å². The summed E-state index contributed by atoms with van der Waals surface area (Å²) in [6, 6.07) is 14.3. The van der Waals surface area contributed by atoms with Crippen LogP contribution in [0.1, 0.15) is 38.9 Å². The van der Waals surface area contributed by atoms with Gasteiger partial charge < -0.3 is 10.6 Å². The minimum absolute atomic E-state index is 0.0224. The van der Waals surface area contributed by atoms with Crippen molar-refractivity contribution >= 4 is 29.0 Å². The third kappa shape index (κ3) is 4.76. The van der Waals surface area contributed by atoms with Gasteiger partial charge in [-0.2, -0.15) is 0 Å². The first-order valence-corrected chi connectivity index (χ1v) is 8.51. The lowest BCUT2D eigenvalue weighted by Gasteiger charge is -2.09. The number of carbonyl (C=O) groups excluding carboxylic acids is 2. The first kappa shape index (κ1) is 18.3. The summed E-state index contributed by atoms with van der Waals surface area (Å²) in [6.45, 7) is 5.53. The predicted octanol–water partition coefficient (Wildman–Crippen LogP) is 4.29. The predicted molar refractivity (Wildman–Crippen MR) is 106 cm³/mol. The van der Waals surface area contributed by atoms with Gasteiger partial charge in [-0.05, 0) is 74.4 Å². The maximum atomic E-state index is 12.4. The van der Waals surface area contributed by atoms with E-state index in [-0.39, 0.29) is 17.4 Å². The van der Waals surface area contributed by atoms with Crippen molar-refractivity contribution in [3.05, 3.63) is 77.1 Å². The van der Waals surface area contributed by atoms with Gasteiger partial charge in [0.1, 0.15) is 5.69 Å². The second-order valence-electron chi connectivity index (χ2n) is 6.35. The molecule has 3 rings (SSSR count). The summed E-state index contributed by atoms with van der Waals surface area (Å²) in [4.78, 5) is 32.2. The van der Waals surface area contributed by atoms with Crippen LogP contribution in [0.5, 0.6) is 0 Å². The zero-order chi connectivity index (χ0) is 19.4. The fourth-order valence-corrected chi connectivity index (χ4v) is 2.70. The summed E-state index contributed by atoms with van der Waals surface area (Å²) >= 11 is 0. The molecule has 6 heteroatoms. The van der Waals surface area contributed by atoms with Gasteiger partial charge in [-0.15, -0.1) is 0 Å². The minimum atomic E-state index is -0.351. The van der Waals surface area contributed by atoms with Crippen LogP contribution in [-0.2, 0) is 0 Å². The van der Waals surface area contributed by atoms with Crippen LogP contribution < -0.4 is 10.6 Å². The fraction of sp³-hybridized carbons (Fsp3) is 0.143. The molecule has 0 fully saturated rings. The molecule has 0 unspecified atom stereocenters. The van der Waals surface area contributed by atoms with Crippen LogP contribution in [0.4, 0.5) is 17.3 Å². The summed E-state index contributed by atoms with van der Waals surface area (Å²) in [5, 5.41) is 5.89. The molecule has 0 atom stereocenters. The number of hydrogen-bond acceptors (Lipinski definition) is 5. The lowest BCUT2D eigenvalue weighted by molar-refractivity contribution is 0.101. The third-order valence-corrected chi connectivity index (χ3v) is 3.92. The van der Waals surface area contributed by atoms with Crippen molar-refractivity contribution in [3.63, 3.8) is 0 Å². The normalized spacial score (nSPS) is 10.3. The number of aromatic nitrogens is 2. The van der Waals surface area contributed by atoms with E-state index in [4.69, 9.17) is 0 Å². The van der Waals surface area contributed by atoms with E-state index in [1.165, 1.54) is 13.1 Å². The van der Waals surface area contributed by atoms with E-state index in [0.717, 1.165) is 16.8 Å². The molecule has 3 aromatic rings. The van der Waals surface area contributed by atoms with Crippen LogP contribution in [0.25, 0.3) is 0 Å². The SMILES string of the molecule is CC(=O)c1ccc(NC(=O)c2ccnc(Nc3cc(C)cc(C)c3)n2)cc1. The molecule has 1 heterocycles. The minimum Gasteiger partial charge on any atom is -0.324 e. The number of anilines is 3. The number of rotatable bonds is 5. The number of amides is 1. The number of Topliss-reactive ketones (excluding diaryl/α,β-unsaturated/α-hetero) is 1. The van der Waals surface area contributed by atoms with Gasteiger partial charge in [0.25, 0.3) is 5.91 Å². The molecule has 1 amide bonds. The van der Waals surface area contributed by atoms with Crippen LogP contribution in [0.3, 0.4) is 0 Å². The number of hydrogen-bond donors (Lipinski definition) is 2. The van der Waals surface area contributed by atoms with Crippen molar-refractivity contribution in [2.45, 2.75) is 20.8 Å². The molecule has 2 N–H and O–H groups in total. The van der Waals surface area contributed by atoms with E-state index >= 15 is 0 Å². The molecule has 0 aliphatic carbocycles. The van der Waals surface area contributed by atoms with Crippen molar-refractivity contribution in [3.8, 4) is 0 Å². The quantitative estimate of drug-likeness (QED) is 0.663. The smallest absolute Gasteiger partial charge is 0.274 e. The summed E-state index contributed by atoms with van der Waals surface area (Å²) in [5.74, 6) is -0.0261. The van der Waals surface area contributed by atoms with Gasteiger partial charge in [0, 0.05) is 23.1 Å². The number of ketones is 1. The maximum absolute atomic E-state index is 12.4. The highest BCUT2D eigenvalue weighted by Crippen LogP contribution is 2.17. The van der Waals surface area contributed by atoms with Crippen molar-refractivity contribution in [1.29, 1.82) is 0 Å². The molecule has 0 saturated carbocycles. The van der Waals surface area contributed by atoms with Gasteiger partial charge in [-0.1, -0.05) is 6.07 Å². The zero-order valence-corrected chi connectivity index (χ0v) is 15.4. The van der Waals surface area contributed by atoms with E-state index < -0.39 is 0 Å². The topological polar surface area (TPSA) is 84.0 Å². The second-order valence-corrected chi connectivity index (χ2v) is 6.35. The zero-order valence-electron chi connectivity index (χ0n) is 15.4. The molecule has 2 aromatic carbocycles. The lowest BCUT2D eigenvalue weighted by Crippen LogP contribution is -2.14. The van der Waals surface area contributed by atoms with Crippen LogP contribution in [0.15, 0.2) is 54.7 Å². The molecule has 0 aliphatic rings. The first-order chi connectivity index (χ1) is 12.9. The molecule has 0 radical (unpaired) electrons. The summed E-state index contributed by atoms with van der Waals surface area (Å²) in [7, 11) is 0. The van der Waals surface area contributed by atoms with Crippen molar-refractivity contribution in [2.75, 3.05) is 10.6 Å². The van der Waals surface area contributed by atoms with Gasteiger partial charge >= 0.3 is 0 Å². The Hall–Kier alpha value is -3.54. The van der Waals surface area contributed by atoms with Gasteiger partial charge in [0.2, 0.25) is 5.95 Å². The van der Waals surface area contributed by atoms with Gasteiger partial charge in [-0.3, -0.25) is 9.59 Å². The van der Waals surface area contributed by atoms with Crippen LogP contribution in [0, 0.1) is 13.8 Å². The number of nitrogens with zero attached hydrogens (tertiary/aromatic N) is 2. The van der Waals surface area contributed by atoms with Gasteiger partial charge in [0.15, 0.2) is 5.78 Å². The second kappa shape index (κ2) is 7.78. The molecule has 27 heavy (non-hydrogen) atoms. The fourth-order valence-electron chi connectivity index (χ4n) is 2.70. The highest BCUT2D eigenvalue weighted by Gasteiger charge is 2.10. The Labute approximate surface area is 157 Å². The molecule has 136 valence electrons. The van der Waals surface area contributed by atoms with Crippen LogP contribution >= 0.6 is 0 Å². The summed E-state index contributed by atoms with van der Waals surface area (Å²) in [6.07, 6.45) is 1.53.